The summed E-state index contributed by atoms with van der Waals surface area (Å²) in [6, 6.07) is 7.98. The van der Waals surface area contributed by atoms with Gasteiger partial charge in [0.15, 0.2) is 0 Å². The largest absolute Gasteiger partial charge is 0.351 e. The van der Waals surface area contributed by atoms with Crippen molar-refractivity contribution in [1.82, 2.24) is 10.2 Å². The number of carbonyl (C=O) groups is 1. The molecule has 1 heterocycles. The Morgan fingerprint density at radius 3 is 2.50 bits per heavy atom. The van der Waals surface area contributed by atoms with E-state index in [0.717, 1.165) is 31.5 Å². The number of benzene rings is 1. The molecule has 1 fully saturated rings. The highest BCUT2D eigenvalue weighted by atomic mass is 16.1. The fourth-order valence-corrected chi connectivity index (χ4v) is 2.72. The van der Waals surface area contributed by atoms with Gasteiger partial charge in [-0.3, -0.25) is 4.79 Å². The van der Waals surface area contributed by atoms with E-state index in [1.807, 2.05) is 12.1 Å². The van der Waals surface area contributed by atoms with Crippen LogP contribution in [0.4, 0.5) is 0 Å². The van der Waals surface area contributed by atoms with Gasteiger partial charge in [-0.15, -0.1) is 0 Å². The lowest BCUT2D eigenvalue weighted by molar-refractivity contribution is 0.0946. The van der Waals surface area contributed by atoms with E-state index in [-0.39, 0.29) is 5.91 Å². The van der Waals surface area contributed by atoms with Crippen molar-refractivity contribution < 1.29 is 4.79 Å². The van der Waals surface area contributed by atoms with E-state index < -0.39 is 0 Å². The minimum atomic E-state index is 0.0463. The second kappa shape index (κ2) is 8.05. The van der Waals surface area contributed by atoms with Gasteiger partial charge in [-0.25, -0.2) is 0 Å². The van der Waals surface area contributed by atoms with E-state index in [0.29, 0.717) is 0 Å². The molecule has 1 saturated heterocycles. The first kappa shape index (κ1) is 15.0. The van der Waals surface area contributed by atoms with Crippen molar-refractivity contribution in [3.05, 3.63) is 35.4 Å². The summed E-state index contributed by atoms with van der Waals surface area (Å²) in [4.78, 5) is 14.5. The van der Waals surface area contributed by atoms with E-state index >= 15 is 0 Å². The van der Waals surface area contributed by atoms with Gasteiger partial charge >= 0.3 is 0 Å². The summed E-state index contributed by atoms with van der Waals surface area (Å²) in [5, 5.41) is 3.02. The second-order valence-electron chi connectivity index (χ2n) is 5.61. The molecule has 0 spiro atoms. The van der Waals surface area contributed by atoms with Crippen LogP contribution in [0, 0.1) is 0 Å². The third-order valence-corrected chi connectivity index (χ3v) is 3.92. The van der Waals surface area contributed by atoms with Crippen LogP contribution in [0.3, 0.4) is 0 Å². The highest BCUT2D eigenvalue weighted by Crippen LogP contribution is 2.08. The fourth-order valence-electron chi connectivity index (χ4n) is 2.72. The van der Waals surface area contributed by atoms with E-state index in [9.17, 15) is 4.79 Å². The summed E-state index contributed by atoms with van der Waals surface area (Å²) in [6.45, 7) is 6.25. The Morgan fingerprint density at radius 1 is 1.15 bits per heavy atom. The molecule has 1 aliphatic rings. The first-order valence-electron chi connectivity index (χ1n) is 7.89. The smallest absolute Gasteiger partial charge is 0.251 e. The average molecular weight is 274 g/mol. The van der Waals surface area contributed by atoms with Crippen molar-refractivity contribution in [2.45, 2.75) is 39.0 Å². The molecule has 0 aromatic heterocycles. The number of likely N-dealkylation sites (tertiary alicyclic amines) is 1. The van der Waals surface area contributed by atoms with Gasteiger partial charge in [0.2, 0.25) is 0 Å². The van der Waals surface area contributed by atoms with E-state index in [1.165, 1.54) is 37.9 Å². The number of hydrogen-bond donors (Lipinski definition) is 1. The zero-order valence-electron chi connectivity index (χ0n) is 12.5. The molecule has 3 heteroatoms. The van der Waals surface area contributed by atoms with Crippen LogP contribution in [0.1, 0.15) is 48.5 Å². The van der Waals surface area contributed by atoms with Crippen molar-refractivity contribution in [1.29, 1.82) is 0 Å². The Labute approximate surface area is 122 Å². The molecule has 2 rings (SSSR count). The van der Waals surface area contributed by atoms with Gasteiger partial charge in [0.1, 0.15) is 0 Å². The molecule has 0 bridgehead atoms. The van der Waals surface area contributed by atoms with Crippen molar-refractivity contribution in [2.24, 2.45) is 0 Å². The van der Waals surface area contributed by atoms with Gasteiger partial charge in [0, 0.05) is 18.7 Å². The van der Waals surface area contributed by atoms with E-state index in [1.54, 1.807) is 0 Å². The molecule has 3 nitrogen and oxygen atoms in total. The lowest BCUT2D eigenvalue weighted by Crippen LogP contribution is -2.37. The van der Waals surface area contributed by atoms with Crippen LogP contribution in [0.2, 0.25) is 0 Å². The topological polar surface area (TPSA) is 32.3 Å². The molecule has 0 unspecified atom stereocenters. The molecule has 0 radical (unpaired) electrons. The Bertz CT molecular complexity index is 408. The Morgan fingerprint density at radius 2 is 1.85 bits per heavy atom. The number of carbonyl (C=O) groups excluding carboxylic acids is 1. The summed E-state index contributed by atoms with van der Waals surface area (Å²) in [7, 11) is 0. The van der Waals surface area contributed by atoms with Crippen LogP contribution >= 0.6 is 0 Å². The monoisotopic (exact) mass is 274 g/mol. The summed E-state index contributed by atoms with van der Waals surface area (Å²) in [6.07, 6.45) is 6.17. The van der Waals surface area contributed by atoms with Crippen molar-refractivity contribution in [3.63, 3.8) is 0 Å². The van der Waals surface area contributed by atoms with Crippen LogP contribution in [-0.4, -0.2) is 37.0 Å². The molecule has 1 aromatic carbocycles. The van der Waals surface area contributed by atoms with Gasteiger partial charge in [0.05, 0.1) is 0 Å². The third kappa shape index (κ3) is 4.64. The lowest BCUT2D eigenvalue weighted by atomic mass is 10.1. The van der Waals surface area contributed by atoms with Crippen molar-refractivity contribution in [3.8, 4) is 0 Å². The van der Waals surface area contributed by atoms with Crippen molar-refractivity contribution in [2.75, 3.05) is 26.2 Å². The molecule has 110 valence electrons. The van der Waals surface area contributed by atoms with Gasteiger partial charge in [-0.2, -0.15) is 0 Å². The van der Waals surface area contributed by atoms with Gasteiger partial charge in [-0.05, 0) is 50.0 Å². The molecule has 1 aromatic rings. The molecule has 20 heavy (non-hydrogen) atoms. The highest BCUT2D eigenvalue weighted by molar-refractivity contribution is 5.94. The second-order valence-corrected chi connectivity index (χ2v) is 5.61. The Balaban J connectivity index is 1.73. The fraction of sp³-hybridized carbons (Fsp3) is 0.588. The van der Waals surface area contributed by atoms with Gasteiger partial charge in [0.25, 0.3) is 5.91 Å². The summed E-state index contributed by atoms with van der Waals surface area (Å²) in [5.41, 5.74) is 2.07. The Kier molecular flexibility index (Phi) is 6.06. The summed E-state index contributed by atoms with van der Waals surface area (Å²) in [5.74, 6) is 0.0463. The number of hydrogen-bond acceptors (Lipinski definition) is 2. The minimum Gasteiger partial charge on any atom is -0.351 e. The van der Waals surface area contributed by atoms with Gasteiger partial charge < -0.3 is 10.2 Å². The normalized spacial score (nSPS) is 16.1. The maximum atomic E-state index is 12.0. The number of amides is 1. The van der Waals surface area contributed by atoms with Gasteiger partial charge in [-0.1, -0.05) is 31.9 Å². The number of piperidine rings is 1. The predicted molar refractivity (Wildman–Crippen MR) is 83.1 cm³/mol. The van der Waals surface area contributed by atoms with E-state index in [4.69, 9.17) is 0 Å². The van der Waals surface area contributed by atoms with E-state index in [2.05, 4.69) is 29.3 Å². The maximum absolute atomic E-state index is 12.0. The molecule has 1 N–H and O–H groups in total. The maximum Gasteiger partial charge on any atom is 0.251 e. The quantitative estimate of drug-likeness (QED) is 0.865. The van der Waals surface area contributed by atoms with Crippen LogP contribution in [0.15, 0.2) is 24.3 Å². The summed E-state index contributed by atoms with van der Waals surface area (Å²) >= 11 is 0. The molecule has 1 amide bonds. The number of nitrogens with zero attached hydrogens (tertiary/aromatic N) is 1. The number of aryl methyl sites for hydroxylation is 1. The molecule has 1 aliphatic heterocycles. The molecule has 0 aliphatic carbocycles. The first-order chi connectivity index (χ1) is 9.79. The number of rotatable bonds is 6. The highest BCUT2D eigenvalue weighted by Gasteiger charge is 2.10. The lowest BCUT2D eigenvalue weighted by Gasteiger charge is -2.26. The molecular weight excluding hydrogens is 248 g/mol. The zero-order valence-corrected chi connectivity index (χ0v) is 12.5. The Hall–Kier alpha value is -1.35. The standard InChI is InChI=1S/C17H26N2O/c1-2-6-15-7-9-16(10-8-15)17(20)18-11-14-19-12-4-3-5-13-19/h7-10H,2-6,11-14H2,1H3,(H,18,20). The van der Waals surface area contributed by atoms with Crippen LogP contribution in [0.25, 0.3) is 0 Å². The SMILES string of the molecule is CCCc1ccc(C(=O)NCCN2CCCCC2)cc1. The predicted octanol–water partition coefficient (Wildman–Crippen LogP) is 2.85. The van der Waals surface area contributed by atoms with Crippen LogP contribution in [0.5, 0.6) is 0 Å². The van der Waals surface area contributed by atoms with Crippen LogP contribution < -0.4 is 5.32 Å². The molecular formula is C17H26N2O. The summed E-state index contributed by atoms with van der Waals surface area (Å²) < 4.78 is 0. The molecule has 0 saturated carbocycles. The van der Waals surface area contributed by atoms with Crippen LogP contribution in [-0.2, 0) is 6.42 Å². The average Bonchev–Trinajstić information content (AvgIpc) is 2.49. The number of nitrogens with one attached hydrogen (secondary N) is 1. The minimum absolute atomic E-state index is 0.0463. The van der Waals surface area contributed by atoms with Crippen molar-refractivity contribution >= 4 is 5.91 Å². The zero-order chi connectivity index (χ0) is 14.2. The first-order valence-corrected chi connectivity index (χ1v) is 7.89. The molecule has 0 atom stereocenters. The third-order valence-electron chi connectivity index (χ3n) is 3.92.